The first-order chi connectivity index (χ1) is 8.53. The van der Waals surface area contributed by atoms with Gasteiger partial charge in [-0.3, -0.25) is 4.79 Å². The quantitative estimate of drug-likeness (QED) is 0.726. The Morgan fingerprint density at radius 3 is 2.89 bits per heavy atom. The van der Waals surface area contributed by atoms with Gasteiger partial charge in [-0.05, 0) is 19.3 Å². The van der Waals surface area contributed by atoms with Crippen LogP contribution in [0.1, 0.15) is 58.8 Å². The zero-order valence-corrected chi connectivity index (χ0v) is 12.5. The fourth-order valence-electron chi connectivity index (χ4n) is 2.37. The second-order valence-corrected chi connectivity index (χ2v) is 5.32. The van der Waals surface area contributed by atoms with E-state index in [0.717, 1.165) is 25.7 Å². The Labute approximate surface area is 112 Å². The summed E-state index contributed by atoms with van der Waals surface area (Å²) in [6.45, 7) is 3.87. The van der Waals surface area contributed by atoms with Crippen molar-refractivity contribution < 1.29 is 19.2 Å². The topological polar surface area (TPSA) is 55.8 Å². The van der Waals surface area contributed by atoms with E-state index in [2.05, 4.69) is 16.4 Å². The van der Waals surface area contributed by atoms with E-state index in [-0.39, 0.29) is 24.4 Å². The van der Waals surface area contributed by atoms with Gasteiger partial charge in [0.2, 0.25) is 0 Å². The van der Waals surface area contributed by atoms with Crippen LogP contribution in [0.15, 0.2) is 0 Å². The third-order valence-electron chi connectivity index (χ3n) is 3.52. The van der Waals surface area contributed by atoms with E-state index < -0.39 is 5.79 Å². The van der Waals surface area contributed by atoms with Crippen LogP contribution >= 0.6 is 9.47 Å². The highest BCUT2D eigenvalue weighted by Crippen LogP contribution is 2.32. The Bertz CT molecular complexity index is 268. The molecule has 1 fully saturated rings. The van der Waals surface area contributed by atoms with Crippen LogP contribution in [-0.2, 0) is 14.1 Å². The minimum absolute atomic E-state index is 0.0149. The van der Waals surface area contributed by atoms with Gasteiger partial charge in [-0.2, -0.15) is 0 Å². The van der Waals surface area contributed by atoms with Crippen LogP contribution in [0.5, 0.6) is 0 Å². The first kappa shape index (κ1) is 16.0. The molecule has 0 radical (unpaired) electrons. The van der Waals surface area contributed by atoms with Crippen LogP contribution in [0, 0.1) is 0 Å². The molecule has 0 aromatic rings. The first-order valence-corrected chi connectivity index (χ1v) is 7.27. The molecule has 4 nitrogen and oxygen atoms in total. The maximum atomic E-state index is 11.5. The molecule has 0 spiro atoms. The average Bonchev–Trinajstić information content (AvgIpc) is 2.35. The summed E-state index contributed by atoms with van der Waals surface area (Å²) in [4.78, 5) is 11.5. The van der Waals surface area contributed by atoms with E-state index in [1.165, 1.54) is 0 Å². The van der Waals surface area contributed by atoms with Gasteiger partial charge in [0, 0.05) is 28.7 Å². The largest absolute Gasteiger partial charge is 0.365 e. The molecule has 1 rings (SSSR count). The predicted molar refractivity (Wildman–Crippen MR) is 73.1 cm³/mol. The summed E-state index contributed by atoms with van der Waals surface area (Å²) in [6.07, 6.45) is 4.72. The summed E-state index contributed by atoms with van der Waals surface area (Å²) in [6, 6.07) is 0. The van der Waals surface area contributed by atoms with E-state index in [0.29, 0.717) is 12.8 Å². The zero-order valence-electron chi connectivity index (χ0n) is 11.4. The van der Waals surface area contributed by atoms with E-state index in [1.54, 1.807) is 6.92 Å². The van der Waals surface area contributed by atoms with Gasteiger partial charge in [0.1, 0.15) is 5.78 Å². The Balaban J connectivity index is 2.51. The second kappa shape index (κ2) is 7.54. The lowest BCUT2D eigenvalue weighted by Gasteiger charge is -2.37. The van der Waals surface area contributed by atoms with Crippen molar-refractivity contribution in [3.8, 4) is 0 Å². The molecule has 4 atom stereocenters. The Morgan fingerprint density at radius 1 is 1.61 bits per heavy atom. The van der Waals surface area contributed by atoms with Crippen molar-refractivity contribution in [2.24, 2.45) is 0 Å². The summed E-state index contributed by atoms with van der Waals surface area (Å²) in [5.41, 5.74) is 0. The van der Waals surface area contributed by atoms with Gasteiger partial charge in [0.05, 0.1) is 18.6 Å². The molecule has 1 N–H and O–H groups in total. The molecule has 0 aliphatic carbocycles. The zero-order chi connectivity index (χ0) is 13.6. The summed E-state index contributed by atoms with van der Waals surface area (Å²) < 4.78 is 11.0. The fraction of sp³-hybridized carbons (Fsp3) is 0.923. The smallest absolute Gasteiger partial charge is 0.172 e. The standard InChI is InChI=1S/C13H25O4P/c1-3-10(14)9-13(15)7-5-6-12(16-13)8-11(4-2)17-18/h11-12,15H,3-9,18H2,1-2H3/t11-,12-,13?/m0/s1. The van der Waals surface area contributed by atoms with Crippen molar-refractivity contribution in [1.82, 2.24) is 0 Å². The molecule has 0 bridgehead atoms. The number of carbonyl (C=O) groups is 1. The van der Waals surface area contributed by atoms with Crippen LogP contribution < -0.4 is 0 Å². The van der Waals surface area contributed by atoms with E-state index >= 15 is 0 Å². The molecule has 18 heavy (non-hydrogen) atoms. The number of ketones is 1. The molecule has 0 aromatic heterocycles. The monoisotopic (exact) mass is 276 g/mol. The van der Waals surface area contributed by atoms with Crippen molar-refractivity contribution >= 4 is 15.2 Å². The van der Waals surface area contributed by atoms with Crippen molar-refractivity contribution in [1.29, 1.82) is 0 Å². The molecule has 1 aliphatic rings. The Kier molecular flexibility index (Phi) is 6.72. The second-order valence-electron chi connectivity index (χ2n) is 5.05. The average molecular weight is 276 g/mol. The van der Waals surface area contributed by atoms with Gasteiger partial charge >= 0.3 is 0 Å². The lowest BCUT2D eigenvalue weighted by Crippen LogP contribution is -2.43. The molecule has 1 aliphatic heterocycles. The molecule has 0 aromatic carbocycles. The number of rotatable bonds is 7. The van der Waals surface area contributed by atoms with Crippen molar-refractivity contribution in [3.05, 3.63) is 0 Å². The minimum Gasteiger partial charge on any atom is -0.365 e. The minimum atomic E-state index is -1.25. The number of hydrogen-bond acceptors (Lipinski definition) is 4. The van der Waals surface area contributed by atoms with Crippen LogP contribution in [0.2, 0.25) is 0 Å². The lowest BCUT2D eigenvalue weighted by atomic mass is 9.94. The molecular formula is C13H25O4P. The number of aliphatic hydroxyl groups is 1. The van der Waals surface area contributed by atoms with Crippen LogP contribution in [0.25, 0.3) is 0 Å². The third-order valence-corrected chi connectivity index (χ3v) is 3.91. The lowest BCUT2D eigenvalue weighted by molar-refractivity contribution is -0.256. The number of ether oxygens (including phenoxy) is 1. The predicted octanol–water partition coefficient (Wildman–Crippen LogP) is 2.59. The van der Waals surface area contributed by atoms with E-state index in [9.17, 15) is 9.90 Å². The third kappa shape index (κ3) is 4.93. The number of hydrogen-bond donors (Lipinski definition) is 1. The maximum absolute atomic E-state index is 11.5. The molecule has 0 saturated carbocycles. The van der Waals surface area contributed by atoms with Crippen LogP contribution in [0.4, 0.5) is 0 Å². The van der Waals surface area contributed by atoms with Gasteiger partial charge in [-0.1, -0.05) is 13.8 Å². The van der Waals surface area contributed by atoms with Crippen molar-refractivity contribution in [3.63, 3.8) is 0 Å². The van der Waals surface area contributed by atoms with Crippen LogP contribution in [0.3, 0.4) is 0 Å². The molecule has 2 unspecified atom stereocenters. The van der Waals surface area contributed by atoms with Gasteiger partial charge in [0.25, 0.3) is 0 Å². The van der Waals surface area contributed by atoms with Crippen molar-refractivity contribution in [2.45, 2.75) is 76.8 Å². The van der Waals surface area contributed by atoms with Gasteiger partial charge in [-0.15, -0.1) is 0 Å². The van der Waals surface area contributed by atoms with Crippen LogP contribution in [-0.4, -0.2) is 28.9 Å². The Morgan fingerprint density at radius 2 is 2.33 bits per heavy atom. The molecule has 5 heteroatoms. The summed E-state index contributed by atoms with van der Waals surface area (Å²) in [5, 5.41) is 10.3. The van der Waals surface area contributed by atoms with Gasteiger partial charge < -0.3 is 14.4 Å². The number of carbonyl (C=O) groups excluding carboxylic acids is 1. The highest BCUT2D eigenvalue weighted by atomic mass is 31.0. The first-order valence-electron chi connectivity index (χ1n) is 6.80. The summed E-state index contributed by atoms with van der Waals surface area (Å²) in [5.74, 6) is -1.21. The number of Topliss-reactive ketones (excluding diaryl/α,β-unsaturated/α-hetero) is 1. The molecule has 1 saturated heterocycles. The fourth-order valence-corrected chi connectivity index (χ4v) is 2.68. The normalized spacial score (nSPS) is 30.1. The maximum Gasteiger partial charge on any atom is 0.172 e. The van der Waals surface area contributed by atoms with E-state index in [1.807, 2.05) is 0 Å². The SMILES string of the molecule is CCC(=O)CC1(O)CCC[C@@H](C[C@H](CC)OP)O1. The van der Waals surface area contributed by atoms with E-state index in [4.69, 9.17) is 9.26 Å². The highest BCUT2D eigenvalue weighted by molar-refractivity contribution is 7.09. The molecule has 0 amide bonds. The van der Waals surface area contributed by atoms with Crippen molar-refractivity contribution in [2.75, 3.05) is 0 Å². The molecular weight excluding hydrogens is 251 g/mol. The van der Waals surface area contributed by atoms with Gasteiger partial charge in [0.15, 0.2) is 5.79 Å². The summed E-state index contributed by atoms with van der Waals surface area (Å²) in [7, 11) is 2.28. The van der Waals surface area contributed by atoms with Gasteiger partial charge in [-0.25, -0.2) is 0 Å². The Hall–Kier alpha value is -0.0200. The molecule has 1 heterocycles. The highest BCUT2D eigenvalue weighted by Gasteiger charge is 2.37. The molecule has 106 valence electrons. The summed E-state index contributed by atoms with van der Waals surface area (Å²) >= 11 is 0.